The summed E-state index contributed by atoms with van der Waals surface area (Å²) >= 11 is 17.0. The molecule has 1 aromatic carbocycles. The lowest BCUT2D eigenvalue weighted by atomic mass is 10.1. The summed E-state index contributed by atoms with van der Waals surface area (Å²) in [4.78, 5) is 4.19. The highest BCUT2D eigenvalue weighted by Gasteiger charge is 2.32. The van der Waals surface area contributed by atoms with Gasteiger partial charge in [-0.25, -0.2) is 9.50 Å². The SMILES string of the molecule is Cc1cc(C(F)(F)Cl)n2nc(-c3ccc(Cl)c(Cl)c3)cc2n1. The molecule has 0 saturated heterocycles. The number of fused-ring (bicyclic) bond motifs is 1. The molecule has 0 amide bonds. The summed E-state index contributed by atoms with van der Waals surface area (Å²) in [5.41, 5.74) is 1.34. The number of hydrogen-bond donors (Lipinski definition) is 0. The molecule has 3 aromatic rings. The number of aromatic nitrogens is 3. The molecule has 0 atom stereocenters. The van der Waals surface area contributed by atoms with Gasteiger partial charge >= 0.3 is 5.38 Å². The molecule has 2 aromatic heterocycles. The number of alkyl halides is 3. The van der Waals surface area contributed by atoms with Gasteiger partial charge < -0.3 is 0 Å². The maximum Gasteiger partial charge on any atom is 0.364 e. The van der Waals surface area contributed by atoms with Crippen molar-refractivity contribution in [3.05, 3.63) is 51.8 Å². The van der Waals surface area contributed by atoms with E-state index in [-0.39, 0.29) is 5.65 Å². The van der Waals surface area contributed by atoms with Crippen LogP contribution in [0.5, 0.6) is 0 Å². The topological polar surface area (TPSA) is 30.2 Å². The van der Waals surface area contributed by atoms with E-state index in [9.17, 15) is 8.78 Å². The molecule has 8 heteroatoms. The van der Waals surface area contributed by atoms with Crippen molar-refractivity contribution < 1.29 is 8.78 Å². The lowest BCUT2D eigenvalue weighted by Crippen LogP contribution is -2.12. The van der Waals surface area contributed by atoms with Crippen molar-refractivity contribution >= 4 is 40.4 Å². The lowest BCUT2D eigenvalue weighted by molar-refractivity contribution is 0.0871. The van der Waals surface area contributed by atoms with Crippen molar-refractivity contribution in [1.29, 1.82) is 0 Å². The van der Waals surface area contributed by atoms with Gasteiger partial charge in [-0.3, -0.25) is 0 Å². The molecule has 0 bridgehead atoms. The van der Waals surface area contributed by atoms with Crippen LogP contribution in [-0.4, -0.2) is 14.6 Å². The highest BCUT2D eigenvalue weighted by Crippen LogP contribution is 2.34. The molecule has 2 heterocycles. The number of hydrogen-bond acceptors (Lipinski definition) is 2. The average Bonchev–Trinajstić information content (AvgIpc) is 2.83. The van der Waals surface area contributed by atoms with Crippen molar-refractivity contribution in [2.24, 2.45) is 0 Å². The average molecular weight is 363 g/mol. The minimum atomic E-state index is -3.55. The Hall–Kier alpha value is -1.43. The molecular formula is C14H8Cl3F2N3. The van der Waals surface area contributed by atoms with E-state index in [1.807, 2.05) is 0 Å². The Morgan fingerprint density at radius 2 is 1.82 bits per heavy atom. The largest absolute Gasteiger partial charge is 0.364 e. The molecular weight excluding hydrogens is 355 g/mol. The van der Waals surface area contributed by atoms with Crippen LogP contribution in [-0.2, 0) is 5.38 Å². The van der Waals surface area contributed by atoms with E-state index >= 15 is 0 Å². The number of rotatable bonds is 2. The van der Waals surface area contributed by atoms with Gasteiger partial charge in [0.25, 0.3) is 0 Å². The Morgan fingerprint density at radius 1 is 1.09 bits per heavy atom. The third kappa shape index (κ3) is 2.76. The van der Waals surface area contributed by atoms with Gasteiger partial charge in [-0.05, 0) is 36.7 Å². The second kappa shape index (κ2) is 5.33. The van der Waals surface area contributed by atoms with Gasteiger partial charge in [-0.2, -0.15) is 13.9 Å². The van der Waals surface area contributed by atoms with Crippen molar-refractivity contribution in [3.63, 3.8) is 0 Å². The van der Waals surface area contributed by atoms with Gasteiger partial charge in [-0.15, -0.1) is 0 Å². The zero-order chi connectivity index (χ0) is 16.1. The number of nitrogens with zero attached hydrogens (tertiary/aromatic N) is 3. The van der Waals surface area contributed by atoms with Gasteiger partial charge in [-0.1, -0.05) is 29.3 Å². The molecule has 0 radical (unpaired) electrons. The second-order valence-corrected chi connectivity index (χ2v) is 6.00. The van der Waals surface area contributed by atoms with Crippen LogP contribution < -0.4 is 0 Å². The normalized spacial score (nSPS) is 12.1. The molecule has 0 fully saturated rings. The van der Waals surface area contributed by atoms with Crippen LogP contribution in [0.15, 0.2) is 30.3 Å². The van der Waals surface area contributed by atoms with E-state index in [0.29, 0.717) is 27.0 Å². The van der Waals surface area contributed by atoms with Gasteiger partial charge in [0.2, 0.25) is 0 Å². The summed E-state index contributed by atoms with van der Waals surface area (Å²) in [6, 6.07) is 7.70. The second-order valence-electron chi connectivity index (χ2n) is 4.71. The van der Waals surface area contributed by atoms with Crippen molar-refractivity contribution in [1.82, 2.24) is 14.6 Å². The molecule has 0 aliphatic rings. The Bertz CT molecular complexity index is 872. The fourth-order valence-corrected chi connectivity index (χ4v) is 2.53. The van der Waals surface area contributed by atoms with Crippen LogP contribution in [0.1, 0.15) is 11.4 Å². The molecule has 3 nitrogen and oxygen atoms in total. The molecule has 0 aliphatic carbocycles. The summed E-state index contributed by atoms with van der Waals surface area (Å²) in [7, 11) is 0. The van der Waals surface area contributed by atoms with Gasteiger partial charge in [0.05, 0.1) is 15.7 Å². The molecule has 0 N–H and O–H groups in total. The Kier molecular flexibility index (Phi) is 3.75. The molecule has 0 aliphatic heterocycles. The summed E-state index contributed by atoms with van der Waals surface area (Å²) in [6.07, 6.45) is 0. The van der Waals surface area contributed by atoms with Crippen LogP contribution in [0.2, 0.25) is 10.0 Å². The monoisotopic (exact) mass is 361 g/mol. The van der Waals surface area contributed by atoms with E-state index < -0.39 is 11.1 Å². The first-order chi connectivity index (χ1) is 10.3. The summed E-state index contributed by atoms with van der Waals surface area (Å²) in [6.45, 7) is 1.61. The van der Waals surface area contributed by atoms with Crippen molar-refractivity contribution in [2.45, 2.75) is 12.3 Å². The predicted octanol–water partition coefficient (Wildman–Crippen LogP) is 5.30. The molecule has 22 heavy (non-hydrogen) atoms. The van der Waals surface area contributed by atoms with E-state index in [1.165, 1.54) is 6.07 Å². The van der Waals surface area contributed by atoms with Crippen molar-refractivity contribution in [2.75, 3.05) is 0 Å². The zero-order valence-electron chi connectivity index (χ0n) is 11.1. The smallest absolute Gasteiger partial charge is 0.234 e. The lowest BCUT2D eigenvalue weighted by Gasteiger charge is -2.10. The first-order valence-corrected chi connectivity index (χ1v) is 7.29. The zero-order valence-corrected chi connectivity index (χ0v) is 13.4. The summed E-state index contributed by atoms with van der Waals surface area (Å²) < 4.78 is 28.1. The van der Waals surface area contributed by atoms with Gasteiger partial charge in [0, 0.05) is 17.3 Å². The highest BCUT2D eigenvalue weighted by atomic mass is 35.5. The molecule has 3 rings (SSSR count). The standard InChI is InChI=1S/C14H8Cl3F2N3/c1-7-4-12(14(17,18)19)22-13(20-7)6-11(21-22)8-2-3-9(15)10(16)5-8/h2-6H,1H3. The Morgan fingerprint density at radius 3 is 2.45 bits per heavy atom. The Balaban J connectivity index is 2.23. The summed E-state index contributed by atoms with van der Waals surface area (Å²) in [5.74, 6) is 0. The Labute approximate surface area is 139 Å². The molecule has 114 valence electrons. The van der Waals surface area contributed by atoms with Crippen LogP contribution in [0, 0.1) is 6.92 Å². The number of halogens is 5. The van der Waals surface area contributed by atoms with E-state index in [1.54, 1.807) is 31.2 Å². The first-order valence-electron chi connectivity index (χ1n) is 6.16. The minimum Gasteiger partial charge on any atom is -0.234 e. The first kappa shape index (κ1) is 15.5. The predicted molar refractivity (Wildman–Crippen MR) is 82.9 cm³/mol. The number of benzene rings is 1. The maximum atomic E-state index is 13.5. The summed E-state index contributed by atoms with van der Waals surface area (Å²) in [5, 5.41) is 1.35. The molecule has 0 unspecified atom stereocenters. The van der Waals surface area contributed by atoms with Crippen molar-refractivity contribution in [3.8, 4) is 11.3 Å². The minimum absolute atomic E-state index is 0.274. The van der Waals surface area contributed by atoms with Gasteiger partial charge in [0.15, 0.2) is 5.65 Å². The fourth-order valence-electron chi connectivity index (χ4n) is 2.10. The van der Waals surface area contributed by atoms with E-state index in [4.69, 9.17) is 34.8 Å². The van der Waals surface area contributed by atoms with Crippen LogP contribution in [0.25, 0.3) is 16.9 Å². The van der Waals surface area contributed by atoms with Crippen LogP contribution in [0.4, 0.5) is 8.78 Å². The maximum absolute atomic E-state index is 13.5. The molecule has 0 saturated carbocycles. The molecule has 0 spiro atoms. The number of aryl methyl sites for hydroxylation is 1. The van der Waals surface area contributed by atoms with Crippen LogP contribution >= 0.6 is 34.8 Å². The van der Waals surface area contributed by atoms with E-state index in [2.05, 4.69) is 10.1 Å². The fraction of sp³-hybridized carbons (Fsp3) is 0.143. The third-order valence-corrected chi connectivity index (χ3v) is 3.99. The quantitative estimate of drug-likeness (QED) is 0.579. The highest BCUT2D eigenvalue weighted by molar-refractivity contribution is 6.42. The van der Waals surface area contributed by atoms with E-state index in [0.717, 1.165) is 4.52 Å². The third-order valence-electron chi connectivity index (χ3n) is 3.06. The van der Waals surface area contributed by atoms with Crippen LogP contribution in [0.3, 0.4) is 0 Å². The van der Waals surface area contributed by atoms with Gasteiger partial charge in [0.1, 0.15) is 5.69 Å².